The molecule has 0 amide bonds. The average Bonchev–Trinajstić information content (AvgIpc) is 2.33. The molecule has 0 unspecified atom stereocenters. The van der Waals surface area contributed by atoms with Crippen molar-refractivity contribution in [3.8, 4) is 17.6 Å². The molecule has 0 fully saturated rings. The van der Waals surface area contributed by atoms with E-state index >= 15 is 0 Å². The molecule has 1 aromatic carbocycles. The van der Waals surface area contributed by atoms with Gasteiger partial charge >= 0.3 is 0 Å². The van der Waals surface area contributed by atoms with E-state index < -0.39 is 0 Å². The van der Waals surface area contributed by atoms with E-state index in [0.717, 1.165) is 10.2 Å². The number of halogens is 1. The van der Waals surface area contributed by atoms with Gasteiger partial charge in [-0.1, -0.05) is 15.9 Å². The minimum Gasteiger partial charge on any atom is -0.456 e. The van der Waals surface area contributed by atoms with E-state index in [4.69, 9.17) is 10.00 Å². The Hall–Kier alpha value is -1.86. The van der Waals surface area contributed by atoms with E-state index in [1.54, 1.807) is 12.1 Å². The number of benzene rings is 1. The summed E-state index contributed by atoms with van der Waals surface area (Å²) in [4.78, 5) is 3.92. The molecule has 3 nitrogen and oxygen atoms in total. The number of hydrogen-bond donors (Lipinski definition) is 0. The zero-order valence-electron chi connectivity index (χ0n) is 8.22. The van der Waals surface area contributed by atoms with Crippen LogP contribution in [0.5, 0.6) is 11.5 Å². The Morgan fingerprint density at radius 1 is 1.06 bits per heavy atom. The maximum atomic E-state index is 8.59. The number of rotatable bonds is 2. The third-order valence-electron chi connectivity index (χ3n) is 1.90. The summed E-state index contributed by atoms with van der Waals surface area (Å²) in [6.45, 7) is 0. The summed E-state index contributed by atoms with van der Waals surface area (Å²) < 4.78 is 6.54. The normalized spacial score (nSPS) is 9.50. The maximum Gasteiger partial charge on any atom is 0.145 e. The lowest BCUT2D eigenvalue weighted by atomic mass is 10.3. The minimum absolute atomic E-state index is 0.378. The quantitative estimate of drug-likeness (QED) is 0.842. The van der Waals surface area contributed by atoms with Gasteiger partial charge in [0.15, 0.2) is 0 Å². The van der Waals surface area contributed by atoms with Crippen LogP contribution < -0.4 is 4.74 Å². The van der Waals surface area contributed by atoms with Gasteiger partial charge in [-0.15, -0.1) is 0 Å². The highest BCUT2D eigenvalue weighted by Gasteiger charge is 1.98. The fourth-order valence-electron chi connectivity index (χ4n) is 1.15. The van der Waals surface area contributed by atoms with Gasteiger partial charge in [-0.2, -0.15) is 5.26 Å². The molecule has 0 N–H and O–H groups in total. The molecule has 0 spiro atoms. The monoisotopic (exact) mass is 274 g/mol. The minimum atomic E-state index is 0.378. The Kier molecular flexibility index (Phi) is 3.18. The molecule has 1 aromatic heterocycles. The first kappa shape index (κ1) is 10.7. The molecular formula is C12H7BrN2O. The van der Waals surface area contributed by atoms with Gasteiger partial charge in [0.1, 0.15) is 23.3 Å². The van der Waals surface area contributed by atoms with Crippen LogP contribution in [0.4, 0.5) is 0 Å². The van der Waals surface area contributed by atoms with Crippen LogP contribution in [-0.4, -0.2) is 4.98 Å². The molecule has 0 aliphatic carbocycles. The Morgan fingerprint density at radius 3 is 2.31 bits per heavy atom. The molecule has 0 radical (unpaired) electrons. The summed E-state index contributed by atoms with van der Waals surface area (Å²) in [5.41, 5.74) is 0.378. The van der Waals surface area contributed by atoms with Gasteiger partial charge in [0.05, 0.1) is 6.20 Å². The lowest BCUT2D eigenvalue weighted by Crippen LogP contribution is -1.86. The molecule has 4 heteroatoms. The van der Waals surface area contributed by atoms with Gasteiger partial charge < -0.3 is 4.74 Å². The number of nitrogens with zero attached hydrogens (tertiary/aromatic N) is 2. The summed E-state index contributed by atoms with van der Waals surface area (Å²) in [6.07, 6.45) is 1.53. The molecule has 0 aliphatic heterocycles. The molecule has 0 aliphatic rings. The Bertz CT molecular complexity index is 514. The van der Waals surface area contributed by atoms with Crippen LogP contribution in [0.1, 0.15) is 5.69 Å². The van der Waals surface area contributed by atoms with Crippen LogP contribution in [0, 0.1) is 11.3 Å². The number of ether oxygens (including phenoxy) is 1. The van der Waals surface area contributed by atoms with Crippen molar-refractivity contribution in [2.75, 3.05) is 0 Å². The molecule has 0 saturated carbocycles. The summed E-state index contributed by atoms with van der Waals surface area (Å²) in [5, 5.41) is 8.59. The van der Waals surface area contributed by atoms with Crippen LogP contribution >= 0.6 is 15.9 Å². The first-order valence-corrected chi connectivity index (χ1v) is 5.37. The highest BCUT2D eigenvalue weighted by molar-refractivity contribution is 9.10. The molecule has 78 valence electrons. The van der Waals surface area contributed by atoms with E-state index in [9.17, 15) is 0 Å². The lowest BCUT2D eigenvalue weighted by Gasteiger charge is -2.04. The zero-order valence-corrected chi connectivity index (χ0v) is 9.81. The highest BCUT2D eigenvalue weighted by atomic mass is 79.9. The smallest absolute Gasteiger partial charge is 0.145 e. The van der Waals surface area contributed by atoms with Gasteiger partial charge in [-0.05, 0) is 36.4 Å². The van der Waals surface area contributed by atoms with E-state index in [2.05, 4.69) is 20.9 Å². The van der Waals surface area contributed by atoms with Crippen molar-refractivity contribution >= 4 is 15.9 Å². The van der Waals surface area contributed by atoms with Crippen molar-refractivity contribution in [3.05, 3.63) is 52.8 Å². The van der Waals surface area contributed by atoms with E-state index in [-0.39, 0.29) is 0 Å². The van der Waals surface area contributed by atoms with Crippen molar-refractivity contribution in [2.45, 2.75) is 0 Å². The first-order chi connectivity index (χ1) is 7.78. The zero-order chi connectivity index (χ0) is 11.4. The molecule has 0 saturated heterocycles. The second kappa shape index (κ2) is 4.77. The van der Waals surface area contributed by atoms with E-state index in [1.807, 2.05) is 30.3 Å². The van der Waals surface area contributed by atoms with Gasteiger partial charge in [0, 0.05) is 4.47 Å². The van der Waals surface area contributed by atoms with E-state index in [1.165, 1.54) is 6.20 Å². The third-order valence-corrected chi connectivity index (χ3v) is 2.43. The molecule has 0 bridgehead atoms. The van der Waals surface area contributed by atoms with Crippen LogP contribution in [0.25, 0.3) is 0 Å². The molecule has 16 heavy (non-hydrogen) atoms. The number of hydrogen-bond acceptors (Lipinski definition) is 3. The molecular weight excluding hydrogens is 268 g/mol. The highest BCUT2D eigenvalue weighted by Crippen LogP contribution is 2.22. The van der Waals surface area contributed by atoms with E-state index in [0.29, 0.717) is 11.4 Å². The Labute approximate surface area is 101 Å². The second-order valence-electron chi connectivity index (χ2n) is 3.05. The topological polar surface area (TPSA) is 45.9 Å². The number of aromatic nitrogens is 1. The number of nitriles is 1. The largest absolute Gasteiger partial charge is 0.456 e. The predicted molar refractivity (Wildman–Crippen MR) is 63.2 cm³/mol. The standard InChI is InChI=1S/C12H7BrN2O/c13-9-1-4-11(5-2-9)16-12-6-3-10(7-14)15-8-12/h1-6,8H. The van der Waals surface area contributed by atoms with Crippen molar-refractivity contribution in [3.63, 3.8) is 0 Å². The van der Waals surface area contributed by atoms with Gasteiger partial charge in [-0.25, -0.2) is 4.98 Å². The van der Waals surface area contributed by atoms with Crippen molar-refractivity contribution < 1.29 is 4.74 Å². The van der Waals surface area contributed by atoms with Crippen LogP contribution in [0.15, 0.2) is 47.1 Å². The van der Waals surface area contributed by atoms with Crippen molar-refractivity contribution in [1.82, 2.24) is 4.98 Å². The second-order valence-corrected chi connectivity index (χ2v) is 3.96. The molecule has 0 atom stereocenters. The SMILES string of the molecule is N#Cc1ccc(Oc2ccc(Br)cc2)cn1. The Balaban J connectivity index is 2.15. The number of pyridine rings is 1. The predicted octanol–water partition coefficient (Wildman–Crippen LogP) is 3.51. The first-order valence-electron chi connectivity index (χ1n) is 4.57. The van der Waals surface area contributed by atoms with Crippen LogP contribution in [-0.2, 0) is 0 Å². The van der Waals surface area contributed by atoms with Crippen molar-refractivity contribution in [2.24, 2.45) is 0 Å². The lowest BCUT2D eigenvalue weighted by molar-refractivity contribution is 0.480. The summed E-state index contributed by atoms with van der Waals surface area (Å²) in [5.74, 6) is 1.34. The van der Waals surface area contributed by atoms with Crippen LogP contribution in [0.3, 0.4) is 0 Å². The third kappa shape index (κ3) is 2.59. The van der Waals surface area contributed by atoms with Crippen LogP contribution in [0.2, 0.25) is 0 Å². The molecule has 2 rings (SSSR count). The fourth-order valence-corrected chi connectivity index (χ4v) is 1.41. The Morgan fingerprint density at radius 2 is 1.75 bits per heavy atom. The summed E-state index contributed by atoms with van der Waals surface area (Å²) >= 11 is 3.35. The average molecular weight is 275 g/mol. The van der Waals surface area contributed by atoms with Gasteiger partial charge in [0.25, 0.3) is 0 Å². The van der Waals surface area contributed by atoms with Crippen molar-refractivity contribution in [1.29, 1.82) is 5.26 Å². The summed E-state index contributed by atoms with van der Waals surface area (Å²) in [6, 6.07) is 12.8. The summed E-state index contributed by atoms with van der Waals surface area (Å²) in [7, 11) is 0. The van der Waals surface area contributed by atoms with Gasteiger partial charge in [0.2, 0.25) is 0 Å². The molecule has 2 aromatic rings. The van der Waals surface area contributed by atoms with Gasteiger partial charge in [-0.3, -0.25) is 0 Å². The fraction of sp³-hybridized carbons (Fsp3) is 0. The maximum absolute atomic E-state index is 8.59. The molecule has 1 heterocycles.